The van der Waals surface area contributed by atoms with Crippen LogP contribution in [0.3, 0.4) is 0 Å². The fraction of sp³-hybridized carbons (Fsp3) is 0.353. The molecule has 0 bridgehead atoms. The molecule has 2 aromatic rings. The van der Waals surface area contributed by atoms with E-state index >= 15 is 0 Å². The zero-order valence-electron chi connectivity index (χ0n) is 13.4. The third kappa shape index (κ3) is 3.61. The van der Waals surface area contributed by atoms with Gasteiger partial charge in [0, 0.05) is 32.3 Å². The summed E-state index contributed by atoms with van der Waals surface area (Å²) < 4.78 is 14.8. The summed E-state index contributed by atoms with van der Waals surface area (Å²) in [5.41, 5.74) is 0.867. The maximum atomic E-state index is 13.3. The molecule has 24 heavy (non-hydrogen) atoms. The molecule has 6 nitrogen and oxygen atoms in total. The predicted octanol–water partition coefficient (Wildman–Crippen LogP) is 1.75. The molecule has 1 aromatic carbocycles. The van der Waals surface area contributed by atoms with Gasteiger partial charge >= 0.3 is 0 Å². The number of carbonyl (C=O) groups excluding carboxylic acids is 2. The summed E-state index contributed by atoms with van der Waals surface area (Å²) in [6.45, 7) is 2.59. The molecule has 0 aliphatic carbocycles. The van der Waals surface area contributed by atoms with E-state index in [-0.39, 0.29) is 23.7 Å². The van der Waals surface area contributed by atoms with Crippen molar-refractivity contribution in [3.05, 3.63) is 48.0 Å². The van der Waals surface area contributed by atoms with E-state index in [9.17, 15) is 14.0 Å². The molecule has 1 N–H and O–H groups in total. The first-order chi connectivity index (χ1) is 11.5. The number of hydrogen-bond donors (Lipinski definition) is 1. The lowest BCUT2D eigenvalue weighted by Gasteiger charge is -2.32. The molecule has 1 unspecified atom stereocenters. The Balaban J connectivity index is 1.72. The molecule has 1 aliphatic heterocycles. The molecule has 7 heteroatoms. The Morgan fingerprint density at radius 1 is 1.33 bits per heavy atom. The van der Waals surface area contributed by atoms with Gasteiger partial charge in [-0.15, -0.1) is 0 Å². The largest absolute Gasteiger partial charge is 0.352 e. The number of nitrogens with one attached hydrogen (secondary N) is 1. The van der Waals surface area contributed by atoms with Crippen molar-refractivity contribution in [2.75, 3.05) is 13.1 Å². The molecular weight excluding hydrogens is 311 g/mol. The first-order valence-corrected chi connectivity index (χ1v) is 7.91. The normalized spacial score (nSPS) is 17.6. The van der Waals surface area contributed by atoms with Crippen LogP contribution in [0.4, 0.5) is 4.39 Å². The Morgan fingerprint density at radius 3 is 2.92 bits per heavy atom. The molecule has 1 aliphatic rings. The second-order valence-electron chi connectivity index (χ2n) is 5.92. The molecule has 2 amide bonds. The molecular formula is C17H19FN4O2. The van der Waals surface area contributed by atoms with Crippen LogP contribution < -0.4 is 5.32 Å². The van der Waals surface area contributed by atoms with Gasteiger partial charge in [-0.25, -0.2) is 9.07 Å². The van der Waals surface area contributed by atoms with E-state index in [4.69, 9.17) is 0 Å². The molecule has 3 rings (SSSR count). The van der Waals surface area contributed by atoms with Crippen molar-refractivity contribution >= 4 is 11.8 Å². The van der Waals surface area contributed by atoms with Gasteiger partial charge in [0.1, 0.15) is 5.82 Å². The average molecular weight is 330 g/mol. The summed E-state index contributed by atoms with van der Waals surface area (Å²) in [6, 6.07) is 7.62. The Hall–Kier alpha value is -2.70. The van der Waals surface area contributed by atoms with Crippen LogP contribution in [0, 0.1) is 5.82 Å². The molecule has 1 atom stereocenters. The van der Waals surface area contributed by atoms with Gasteiger partial charge in [-0.1, -0.05) is 6.07 Å². The fourth-order valence-electron chi connectivity index (χ4n) is 2.93. The van der Waals surface area contributed by atoms with Gasteiger partial charge in [-0.05, 0) is 37.1 Å². The second kappa shape index (κ2) is 6.82. The second-order valence-corrected chi connectivity index (χ2v) is 5.92. The number of nitrogens with zero attached hydrogens (tertiary/aromatic N) is 3. The summed E-state index contributed by atoms with van der Waals surface area (Å²) >= 11 is 0. The van der Waals surface area contributed by atoms with Crippen molar-refractivity contribution < 1.29 is 14.0 Å². The third-order valence-corrected chi connectivity index (χ3v) is 4.00. The molecule has 2 heterocycles. The van der Waals surface area contributed by atoms with E-state index in [0.717, 1.165) is 12.8 Å². The Bertz CT molecular complexity index is 759. The van der Waals surface area contributed by atoms with Crippen molar-refractivity contribution in [3.63, 3.8) is 0 Å². The van der Waals surface area contributed by atoms with E-state index in [1.807, 2.05) is 0 Å². The van der Waals surface area contributed by atoms with Gasteiger partial charge in [0.05, 0.1) is 5.69 Å². The summed E-state index contributed by atoms with van der Waals surface area (Å²) in [7, 11) is 0. The minimum Gasteiger partial charge on any atom is -0.352 e. The van der Waals surface area contributed by atoms with Crippen LogP contribution in [0.2, 0.25) is 0 Å². The average Bonchev–Trinajstić information content (AvgIpc) is 3.04. The third-order valence-electron chi connectivity index (χ3n) is 4.00. The van der Waals surface area contributed by atoms with Crippen LogP contribution in [0.15, 0.2) is 36.5 Å². The van der Waals surface area contributed by atoms with E-state index in [1.54, 1.807) is 29.3 Å². The highest BCUT2D eigenvalue weighted by Gasteiger charge is 2.26. The lowest BCUT2D eigenvalue weighted by molar-refractivity contribution is -0.120. The molecule has 0 spiro atoms. The van der Waals surface area contributed by atoms with Gasteiger partial charge < -0.3 is 10.2 Å². The summed E-state index contributed by atoms with van der Waals surface area (Å²) in [4.78, 5) is 25.5. The number of halogens is 1. The van der Waals surface area contributed by atoms with Crippen LogP contribution in [-0.4, -0.2) is 45.6 Å². The van der Waals surface area contributed by atoms with Crippen LogP contribution in [0.5, 0.6) is 0 Å². The Kier molecular flexibility index (Phi) is 4.59. The molecule has 0 saturated carbocycles. The highest BCUT2D eigenvalue weighted by molar-refractivity contribution is 5.92. The highest BCUT2D eigenvalue weighted by Crippen LogP contribution is 2.15. The number of carbonyl (C=O) groups is 2. The first kappa shape index (κ1) is 16.2. The zero-order chi connectivity index (χ0) is 17.1. The number of likely N-dealkylation sites (tertiary alicyclic amines) is 1. The van der Waals surface area contributed by atoms with E-state index in [0.29, 0.717) is 24.5 Å². The van der Waals surface area contributed by atoms with E-state index < -0.39 is 0 Å². The zero-order valence-corrected chi connectivity index (χ0v) is 13.4. The van der Waals surface area contributed by atoms with Crippen molar-refractivity contribution in [3.8, 4) is 5.69 Å². The monoisotopic (exact) mass is 330 g/mol. The van der Waals surface area contributed by atoms with Crippen LogP contribution in [0.1, 0.15) is 30.3 Å². The van der Waals surface area contributed by atoms with Crippen LogP contribution >= 0.6 is 0 Å². The maximum absolute atomic E-state index is 13.3. The van der Waals surface area contributed by atoms with Gasteiger partial charge in [0.25, 0.3) is 5.91 Å². The molecule has 1 aromatic heterocycles. The lowest BCUT2D eigenvalue weighted by atomic mass is 10.1. The summed E-state index contributed by atoms with van der Waals surface area (Å²) in [6.07, 6.45) is 3.33. The SMILES string of the molecule is CC(=O)NC1CCCN(C(=O)c2ccn(-c3cccc(F)c3)n2)C1. The van der Waals surface area contributed by atoms with Gasteiger partial charge in [-0.2, -0.15) is 5.10 Å². The minimum atomic E-state index is -0.356. The number of amides is 2. The van der Waals surface area contributed by atoms with E-state index in [2.05, 4.69) is 10.4 Å². The lowest BCUT2D eigenvalue weighted by Crippen LogP contribution is -2.49. The smallest absolute Gasteiger partial charge is 0.274 e. The minimum absolute atomic E-state index is 0.0227. The molecule has 1 saturated heterocycles. The number of aromatic nitrogens is 2. The highest BCUT2D eigenvalue weighted by atomic mass is 19.1. The standard InChI is InChI=1S/C17H19FN4O2/c1-12(23)19-14-5-3-8-21(11-14)17(24)16-7-9-22(20-16)15-6-2-4-13(18)10-15/h2,4,6-7,9-10,14H,3,5,8,11H2,1H3,(H,19,23). The molecule has 0 radical (unpaired) electrons. The Morgan fingerprint density at radius 2 is 2.17 bits per heavy atom. The number of hydrogen-bond acceptors (Lipinski definition) is 3. The maximum Gasteiger partial charge on any atom is 0.274 e. The fourth-order valence-corrected chi connectivity index (χ4v) is 2.93. The summed E-state index contributed by atoms with van der Waals surface area (Å²) in [5, 5.41) is 7.11. The van der Waals surface area contributed by atoms with Crippen LogP contribution in [0.25, 0.3) is 5.69 Å². The van der Waals surface area contributed by atoms with Gasteiger partial charge in [0.2, 0.25) is 5.91 Å². The van der Waals surface area contributed by atoms with Crippen molar-refractivity contribution in [2.45, 2.75) is 25.8 Å². The molecule has 1 fully saturated rings. The topological polar surface area (TPSA) is 67.2 Å². The number of rotatable bonds is 3. The van der Waals surface area contributed by atoms with Gasteiger partial charge in [-0.3, -0.25) is 9.59 Å². The Labute approximate surface area is 139 Å². The van der Waals surface area contributed by atoms with Crippen molar-refractivity contribution in [1.82, 2.24) is 20.0 Å². The quantitative estimate of drug-likeness (QED) is 0.932. The number of benzene rings is 1. The van der Waals surface area contributed by atoms with Crippen molar-refractivity contribution in [1.29, 1.82) is 0 Å². The van der Waals surface area contributed by atoms with Crippen molar-refractivity contribution in [2.24, 2.45) is 0 Å². The summed E-state index contributed by atoms with van der Waals surface area (Å²) in [5.74, 6) is -0.630. The van der Waals surface area contributed by atoms with Gasteiger partial charge in [0.15, 0.2) is 5.69 Å². The molecule has 126 valence electrons. The van der Waals surface area contributed by atoms with Crippen LogP contribution in [-0.2, 0) is 4.79 Å². The first-order valence-electron chi connectivity index (χ1n) is 7.91. The van der Waals surface area contributed by atoms with E-state index in [1.165, 1.54) is 23.7 Å². The predicted molar refractivity (Wildman–Crippen MR) is 86.3 cm³/mol. The number of piperidine rings is 1.